The average Bonchev–Trinajstić information content (AvgIpc) is 2.86. The van der Waals surface area contributed by atoms with Crippen molar-refractivity contribution in [1.29, 1.82) is 0 Å². The Morgan fingerprint density at radius 3 is 2.47 bits per heavy atom. The van der Waals surface area contributed by atoms with Crippen LogP contribution in [0.25, 0.3) is 0 Å². The summed E-state index contributed by atoms with van der Waals surface area (Å²) in [5.41, 5.74) is 0. The molecule has 100 valence electrons. The highest BCUT2D eigenvalue weighted by Gasteiger charge is 2.21. The molecule has 0 atom stereocenters. The van der Waals surface area contributed by atoms with Crippen molar-refractivity contribution in [3.8, 4) is 5.75 Å². The van der Waals surface area contributed by atoms with E-state index in [0.717, 1.165) is 5.06 Å². The van der Waals surface area contributed by atoms with Crippen LogP contribution in [-0.4, -0.2) is 25.0 Å². The van der Waals surface area contributed by atoms with E-state index in [9.17, 15) is 13.2 Å². The van der Waals surface area contributed by atoms with E-state index >= 15 is 0 Å². The maximum Gasteiger partial charge on any atom is 0.290 e. The zero-order valence-corrected chi connectivity index (χ0v) is 11.5. The predicted molar refractivity (Wildman–Crippen MR) is 68.6 cm³/mol. The lowest BCUT2D eigenvalue weighted by atomic mass is 10.3. The minimum atomic E-state index is -3.98. The number of halogens is 1. The number of anilines is 1. The second kappa shape index (κ2) is 5.51. The summed E-state index contributed by atoms with van der Waals surface area (Å²) in [5, 5.41) is 7.61. The lowest BCUT2D eigenvalue weighted by Gasteiger charge is -2.13. The minimum Gasteiger partial charge on any atom is -0.370 e. The zero-order valence-electron chi connectivity index (χ0n) is 9.13. The highest BCUT2D eigenvalue weighted by atomic mass is 35.7. The largest absolute Gasteiger partial charge is 0.370 e. The van der Waals surface area contributed by atoms with Gasteiger partial charge in [-0.05, 0) is 12.1 Å². The van der Waals surface area contributed by atoms with Crippen molar-refractivity contribution in [3.63, 3.8) is 0 Å². The molecule has 2 rings (SSSR count). The SMILES string of the molecule is O=CN(Oc1ccccc1)c1nnc(S(=O)(=O)Cl)s1. The summed E-state index contributed by atoms with van der Waals surface area (Å²) in [6, 6.07) is 8.45. The molecule has 0 N–H and O–H groups in total. The van der Waals surface area contributed by atoms with Gasteiger partial charge in [-0.15, -0.1) is 15.3 Å². The fourth-order valence-electron chi connectivity index (χ4n) is 1.09. The molecule has 19 heavy (non-hydrogen) atoms. The van der Waals surface area contributed by atoms with Crippen LogP contribution in [0.2, 0.25) is 0 Å². The van der Waals surface area contributed by atoms with Crippen molar-refractivity contribution >= 4 is 42.6 Å². The van der Waals surface area contributed by atoms with Gasteiger partial charge in [0.05, 0.1) is 0 Å². The molecule has 0 aliphatic carbocycles. The molecular weight excluding hydrogens is 314 g/mol. The van der Waals surface area contributed by atoms with Crippen molar-refractivity contribution in [2.45, 2.75) is 4.34 Å². The topological polar surface area (TPSA) is 89.5 Å². The number of amides is 1. The number of hydrogen-bond acceptors (Lipinski definition) is 7. The van der Waals surface area contributed by atoms with E-state index in [4.69, 9.17) is 15.5 Å². The van der Waals surface area contributed by atoms with Crippen molar-refractivity contribution in [1.82, 2.24) is 10.2 Å². The van der Waals surface area contributed by atoms with Crippen LogP contribution in [0.1, 0.15) is 0 Å². The average molecular weight is 320 g/mol. The van der Waals surface area contributed by atoms with Crippen molar-refractivity contribution in [2.75, 3.05) is 5.06 Å². The van der Waals surface area contributed by atoms with E-state index in [1.165, 1.54) is 0 Å². The first-order valence-electron chi connectivity index (χ1n) is 4.76. The lowest BCUT2D eigenvalue weighted by molar-refractivity contribution is -0.111. The van der Waals surface area contributed by atoms with Gasteiger partial charge >= 0.3 is 0 Å². The second-order valence-corrected chi connectivity index (χ2v) is 6.82. The number of rotatable bonds is 5. The van der Waals surface area contributed by atoms with Gasteiger partial charge in [-0.1, -0.05) is 29.5 Å². The zero-order chi connectivity index (χ0) is 13.9. The Morgan fingerprint density at radius 2 is 1.95 bits per heavy atom. The molecule has 0 aliphatic heterocycles. The van der Waals surface area contributed by atoms with Gasteiger partial charge in [0.15, 0.2) is 5.75 Å². The number of para-hydroxylation sites is 1. The summed E-state index contributed by atoms with van der Waals surface area (Å²) in [5.74, 6) is 0.389. The van der Waals surface area contributed by atoms with Crippen LogP contribution < -0.4 is 9.90 Å². The normalized spacial score (nSPS) is 11.0. The van der Waals surface area contributed by atoms with Crippen molar-refractivity contribution < 1.29 is 18.0 Å². The number of carbonyl (C=O) groups excluding carboxylic acids is 1. The smallest absolute Gasteiger partial charge is 0.290 e. The molecule has 0 spiro atoms. The lowest BCUT2D eigenvalue weighted by Crippen LogP contribution is -2.25. The molecule has 1 aromatic carbocycles. The van der Waals surface area contributed by atoms with Gasteiger partial charge in [0, 0.05) is 10.7 Å². The van der Waals surface area contributed by atoms with E-state index in [-0.39, 0.29) is 5.13 Å². The molecule has 0 saturated carbocycles. The molecular formula is C9H6ClN3O4S2. The quantitative estimate of drug-likeness (QED) is 0.358. The minimum absolute atomic E-state index is 0.0434. The highest BCUT2D eigenvalue weighted by Crippen LogP contribution is 2.26. The molecule has 0 aliphatic rings. The Kier molecular flexibility index (Phi) is 3.98. The second-order valence-electron chi connectivity index (χ2n) is 3.12. The van der Waals surface area contributed by atoms with Gasteiger partial charge in [-0.3, -0.25) is 4.79 Å². The maximum absolute atomic E-state index is 11.0. The molecule has 0 saturated heterocycles. The number of nitrogens with zero attached hydrogens (tertiary/aromatic N) is 3. The Labute approximate surface area is 116 Å². The van der Waals surface area contributed by atoms with Crippen LogP contribution in [0, 0.1) is 0 Å². The number of hydroxylamine groups is 1. The molecule has 2 aromatic rings. The fraction of sp³-hybridized carbons (Fsp3) is 0. The first-order chi connectivity index (χ1) is 9.00. The number of benzene rings is 1. The Balaban J connectivity index is 2.23. The van der Waals surface area contributed by atoms with E-state index in [1.54, 1.807) is 30.3 Å². The molecule has 0 unspecified atom stereocenters. The Morgan fingerprint density at radius 1 is 1.26 bits per heavy atom. The summed E-state index contributed by atoms with van der Waals surface area (Å²) in [6.45, 7) is 0. The third-order valence-electron chi connectivity index (χ3n) is 1.84. The van der Waals surface area contributed by atoms with Gasteiger partial charge in [0.1, 0.15) is 0 Å². The molecule has 0 radical (unpaired) electrons. The summed E-state index contributed by atoms with van der Waals surface area (Å²) in [7, 11) is 1.13. The predicted octanol–water partition coefficient (Wildman–Crippen LogP) is 1.42. The molecule has 1 heterocycles. The number of aromatic nitrogens is 2. The third-order valence-corrected chi connectivity index (χ3v) is 4.66. The van der Waals surface area contributed by atoms with Crippen LogP contribution >= 0.6 is 22.0 Å². The maximum atomic E-state index is 11.0. The van der Waals surface area contributed by atoms with E-state index < -0.39 is 13.4 Å². The van der Waals surface area contributed by atoms with Gasteiger partial charge in [0.2, 0.25) is 4.34 Å². The molecule has 0 bridgehead atoms. The van der Waals surface area contributed by atoms with Crippen molar-refractivity contribution in [2.24, 2.45) is 0 Å². The van der Waals surface area contributed by atoms with Crippen LogP contribution in [0.4, 0.5) is 5.13 Å². The van der Waals surface area contributed by atoms with E-state index in [1.807, 2.05) is 0 Å². The van der Waals surface area contributed by atoms with Gasteiger partial charge in [0.25, 0.3) is 20.6 Å². The summed E-state index contributed by atoms with van der Waals surface area (Å²) >= 11 is 0.619. The molecule has 1 aromatic heterocycles. The van der Waals surface area contributed by atoms with Crippen LogP contribution in [0.5, 0.6) is 5.75 Å². The van der Waals surface area contributed by atoms with Crippen LogP contribution in [0.3, 0.4) is 0 Å². The summed E-state index contributed by atoms with van der Waals surface area (Å²) < 4.78 is 21.7. The van der Waals surface area contributed by atoms with Crippen LogP contribution in [-0.2, 0) is 13.8 Å². The monoisotopic (exact) mass is 319 g/mol. The molecule has 7 nitrogen and oxygen atoms in total. The summed E-state index contributed by atoms with van der Waals surface area (Å²) in [6.07, 6.45) is 0.345. The standard InChI is InChI=1S/C9H6ClN3O4S2/c10-19(15,16)9-12-11-8(18-9)13(6-14)17-7-4-2-1-3-5-7/h1-6H. The number of carbonyl (C=O) groups is 1. The van der Waals surface area contributed by atoms with E-state index in [2.05, 4.69) is 10.2 Å². The number of hydrogen-bond donors (Lipinski definition) is 0. The fourth-order valence-corrected chi connectivity index (χ4v) is 2.72. The third kappa shape index (κ3) is 3.40. The van der Waals surface area contributed by atoms with Crippen LogP contribution in [0.15, 0.2) is 34.7 Å². The molecule has 10 heteroatoms. The first-order valence-corrected chi connectivity index (χ1v) is 7.89. The summed E-state index contributed by atoms with van der Waals surface area (Å²) in [4.78, 5) is 16.1. The Bertz CT molecular complexity index is 674. The molecule has 0 fully saturated rings. The van der Waals surface area contributed by atoms with Gasteiger partial charge in [-0.25, -0.2) is 8.42 Å². The Hall–Kier alpha value is -1.71. The highest BCUT2D eigenvalue weighted by molar-refractivity contribution is 8.15. The van der Waals surface area contributed by atoms with E-state index in [0.29, 0.717) is 23.5 Å². The van der Waals surface area contributed by atoms with Gasteiger partial charge < -0.3 is 4.84 Å². The van der Waals surface area contributed by atoms with Crippen molar-refractivity contribution in [3.05, 3.63) is 30.3 Å². The first kappa shape index (κ1) is 13.7. The van der Waals surface area contributed by atoms with Gasteiger partial charge in [-0.2, -0.15) is 0 Å². The molecule has 1 amide bonds.